The molecular formula is C12H13FN2O2. The molecule has 5 heteroatoms. The number of carbonyl (C=O) groups excluding carboxylic acids is 1. The second-order valence-electron chi connectivity index (χ2n) is 3.86. The van der Waals surface area contributed by atoms with Crippen molar-refractivity contribution in [1.29, 1.82) is 0 Å². The highest BCUT2D eigenvalue weighted by atomic mass is 19.1. The van der Waals surface area contributed by atoms with Crippen LogP contribution in [-0.4, -0.2) is 18.7 Å². The number of halogens is 1. The molecule has 1 aromatic rings. The molecule has 0 unspecified atom stereocenters. The molecule has 0 fully saturated rings. The Hall–Kier alpha value is -1.91. The molecule has 17 heavy (non-hydrogen) atoms. The predicted octanol–water partition coefficient (Wildman–Crippen LogP) is 2.34. The Morgan fingerprint density at radius 1 is 1.41 bits per heavy atom. The Labute approximate surface area is 98.7 Å². The van der Waals surface area contributed by atoms with Crippen LogP contribution in [-0.2, 0) is 4.79 Å². The van der Waals surface area contributed by atoms with Gasteiger partial charge in [0.1, 0.15) is 17.3 Å². The van der Waals surface area contributed by atoms with E-state index in [-0.39, 0.29) is 5.91 Å². The van der Waals surface area contributed by atoms with Gasteiger partial charge in [0.15, 0.2) is 0 Å². The van der Waals surface area contributed by atoms with Crippen LogP contribution in [0.2, 0.25) is 0 Å². The molecule has 1 heterocycles. The van der Waals surface area contributed by atoms with Gasteiger partial charge in [0.25, 0.3) is 0 Å². The number of rotatable bonds is 2. The third kappa shape index (κ3) is 2.27. The third-order valence-electron chi connectivity index (χ3n) is 2.58. The molecular weight excluding hydrogens is 223 g/mol. The number of anilines is 1. The summed E-state index contributed by atoms with van der Waals surface area (Å²) in [6.07, 6.45) is 1.08. The molecule has 0 aliphatic carbocycles. The largest absolute Gasteiger partial charge is 0.494 e. The smallest absolute Gasteiger partial charge is 0.247 e. The highest BCUT2D eigenvalue weighted by Crippen LogP contribution is 2.31. The number of ether oxygens (including phenoxy) is 1. The summed E-state index contributed by atoms with van der Waals surface area (Å²) in [7, 11) is 1.43. The van der Waals surface area contributed by atoms with E-state index >= 15 is 0 Å². The lowest BCUT2D eigenvalue weighted by Gasteiger charge is -2.23. The molecule has 1 amide bonds. The fraction of sp³-hybridized carbons (Fsp3) is 0.333. The lowest BCUT2D eigenvalue weighted by Crippen LogP contribution is -2.31. The monoisotopic (exact) mass is 236 g/mol. The van der Waals surface area contributed by atoms with E-state index in [2.05, 4.69) is 5.10 Å². The predicted molar refractivity (Wildman–Crippen MR) is 62.8 cm³/mol. The Balaban J connectivity index is 2.45. The van der Waals surface area contributed by atoms with E-state index in [1.165, 1.54) is 30.3 Å². The van der Waals surface area contributed by atoms with E-state index in [0.717, 1.165) is 5.71 Å². The number of hydrogen-bond donors (Lipinski definition) is 0. The van der Waals surface area contributed by atoms with E-state index in [0.29, 0.717) is 24.3 Å². The zero-order chi connectivity index (χ0) is 12.4. The maximum absolute atomic E-state index is 13.1. The van der Waals surface area contributed by atoms with Gasteiger partial charge in [0, 0.05) is 18.2 Å². The average Bonchev–Trinajstić information content (AvgIpc) is 2.32. The van der Waals surface area contributed by atoms with Crippen LogP contribution in [0.4, 0.5) is 10.1 Å². The second kappa shape index (κ2) is 4.53. The van der Waals surface area contributed by atoms with Gasteiger partial charge in [-0.2, -0.15) is 10.1 Å². The van der Waals surface area contributed by atoms with Gasteiger partial charge in [-0.15, -0.1) is 0 Å². The van der Waals surface area contributed by atoms with Gasteiger partial charge in [-0.3, -0.25) is 4.79 Å². The molecule has 1 aliphatic heterocycles. The van der Waals surface area contributed by atoms with Crippen molar-refractivity contribution in [1.82, 2.24) is 0 Å². The molecule has 0 atom stereocenters. The molecule has 2 rings (SSSR count). The normalized spacial score (nSPS) is 15.8. The maximum atomic E-state index is 13.1. The number of nitrogens with zero attached hydrogens (tertiary/aromatic N) is 2. The summed E-state index contributed by atoms with van der Waals surface area (Å²) in [6.45, 7) is 1.86. The summed E-state index contributed by atoms with van der Waals surface area (Å²) in [4.78, 5) is 11.8. The molecule has 0 saturated heterocycles. The highest BCUT2D eigenvalue weighted by Gasteiger charge is 2.23. The van der Waals surface area contributed by atoms with Gasteiger partial charge in [-0.1, -0.05) is 0 Å². The number of methoxy groups -OCH3 is 1. The van der Waals surface area contributed by atoms with Gasteiger partial charge in [0.2, 0.25) is 5.91 Å². The second-order valence-corrected chi connectivity index (χ2v) is 3.86. The molecule has 0 spiro atoms. The lowest BCUT2D eigenvalue weighted by molar-refractivity contribution is -0.118. The van der Waals surface area contributed by atoms with Crippen LogP contribution in [0, 0.1) is 5.82 Å². The number of hydrogen-bond acceptors (Lipinski definition) is 3. The van der Waals surface area contributed by atoms with Gasteiger partial charge in [-0.05, 0) is 25.5 Å². The Bertz CT molecular complexity index is 485. The maximum Gasteiger partial charge on any atom is 0.247 e. The summed E-state index contributed by atoms with van der Waals surface area (Å²) in [5, 5.41) is 5.44. The summed E-state index contributed by atoms with van der Waals surface area (Å²) in [6, 6.07) is 4.01. The van der Waals surface area contributed by atoms with Crippen molar-refractivity contribution in [2.75, 3.05) is 12.1 Å². The van der Waals surface area contributed by atoms with Crippen molar-refractivity contribution in [3.63, 3.8) is 0 Å². The third-order valence-corrected chi connectivity index (χ3v) is 2.58. The SMILES string of the molecule is COc1cc(F)ccc1N1N=C(C)CCC1=O. The molecule has 1 aliphatic rings. The Kier molecular flexibility index (Phi) is 3.08. The van der Waals surface area contributed by atoms with E-state index in [4.69, 9.17) is 4.74 Å². The van der Waals surface area contributed by atoms with E-state index in [1.54, 1.807) is 0 Å². The van der Waals surface area contributed by atoms with Crippen molar-refractivity contribution in [3.8, 4) is 5.75 Å². The van der Waals surface area contributed by atoms with Crippen LogP contribution in [0.15, 0.2) is 23.3 Å². The standard InChI is InChI=1S/C12H13FN2O2/c1-8-3-6-12(16)15(14-8)10-5-4-9(13)7-11(10)17-2/h4-5,7H,3,6H2,1-2H3. The number of carbonyl (C=O) groups is 1. The topological polar surface area (TPSA) is 41.9 Å². The van der Waals surface area contributed by atoms with E-state index in [9.17, 15) is 9.18 Å². The Morgan fingerprint density at radius 3 is 2.88 bits per heavy atom. The summed E-state index contributed by atoms with van der Waals surface area (Å²) < 4.78 is 18.1. The number of benzene rings is 1. The van der Waals surface area contributed by atoms with Crippen LogP contribution < -0.4 is 9.75 Å². The summed E-state index contributed by atoms with van der Waals surface area (Å²) in [5.74, 6) is -0.215. The first-order valence-electron chi connectivity index (χ1n) is 5.32. The highest BCUT2D eigenvalue weighted by molar-refractivity contribution is 6.01. The molecule has 0 N–H and O–H groups in total. The van der Waals surface area contributed by atoms with Crippen LogP contribution in [0.25, 0.3) is 0 Å². The van der Waals surface area contributed by atoms with Crippen molar-refractivity contribution < 1.29 is 13.9 Å². The minimum atomic E-state index is -0.407. The fourth-order valence-corrected chi connectivity index (χ4v) is 1.68. The molecule has 1 aromatic carbocycles. The molecule has 0 saturated carbocycles. The van der Waals surface area contributed by atoms with Gasteiger partial charge >= 0.3 is 0 Å². The van der Waals surface area contributed by atoms with Crippen LogP contribution >= 0.6 is 0 Å². The van der Waals surface area contributed by atoms with Crippen LogP contribution in [0.5, 0.6) is 5.75 Å². The lowest BCUT2D eigenvalue weighted by atomic mass is 10.2. The first-order valence-corrected chi connectivity index (χ1v) is 5.32. The summed E-state index contributed by atoms with van der Waals surface area (Å²) >= 11 is 0. The van der Waals surface area contributed by atoms with Crippen molar-refractivity contribution >= 4 is 17.3 Å². The Morgan fingerprint density at radius 2 is 2.18 bits per heavy atom. The first kappa shape index (κ1) is 11.6. The molecule has 0 radical (unpaired) electrons. The molecule has 90 valence electrons. The number of hydrazone groups is 1. The van der Waals surface area contributed by atoms with Gasteiger partial charge in [-0.25, -0.2) is 4.39 Å². The summed E-state index contributed by atoms with van der Waals surface area (Å²) in [5.41, 5.74) is 1.34. The molecule has 4 nitrogen and oxygen atoms in total. The van der Waals surface area contributed by atoms with E-state index in [1.807, 2.05) is 6.92 Å². The fourth-order valence-electron chi connectivity index (χ4n) is 1.68. The first-order chi connectivity index (χ1) is 8.11. The zero-order valence-electron chi connectivity index (χ0n) is 9.74. The van der Waals surface area contributed by atoms with Crippen molar-refractivity contribution in [2.24, 2.45) is 5.10 Å². The quantitative estimate of drug-likeness (QED) is 0.790. The van der Waals surface area contributed by atoms with Crippen molar-refractivity contribution in [2.45, 2.75) is 19.8 Å². The van der Waals surface area contributed by atoms with Gasteiger partial charge in [0.05, 0.1) is 7.11 Å². The molecule has 0 aromatic heterocycles. The van der Waals surface area contributed by atoms with Crippen LogP contribution in [0.1, 0.15) is 19.8 Å². The average molecular weight is 236 g/mol. The van der Waals surface area contributed by atoms with E-state index < -0.39 is 5.82 Å². The van der Waals surface area contributed by atoms with Gasteiger partial charge < -0.3 is 4.74 Å². The number of amides is 1. The van der Waals surface area contributed by atoms with Crippen LogP contribution in [0.3, 0.4) is 0 Å². The minimum absolute atomic E-state index is 0.111. The zero-order valence-corrected chi connectivity index (χ0v) is 9.74. The van der Waals surface area contributed by atoms with Crippen molar-refractivity contribution in [3.05, 3.63) is 24.0 Å². The molecule has 0 bridgehead atoms. The minimum Gasteiger partial charge on any atom is -0.494 e.